The molecule has 2 rings (SSSR count). The van der Waals surface area contributed by atoms with Crippen molar-refractivity contribution in [3.63, 3.8) is 0 Å². The lowest BCUT2D eigenvalue weighted by Gasteiger charge is -2.05. The Bertz CT molecular complexity index is 604. The minimum Gasteiger partial charge on any atom is -0.506 e. The summed E-state index contributed by atoms with van der Waals surface area (Å²) in [6.07, 6.45) is 0. The van der Waals surface area contributed by atoms with Crippen LogP contribution in [-0.2, 0) is 4.74 Å². The molecule has 0 aliphatic carbocycles. The second kappa shape index (κ2) is 5.70. The summed E-state index contributed by atoms with van der Waals surface area (Å²) < 4.78 is 5.86. The average molecular weight is 391 g/mol. The fourth-order valence-corrected chi connectivity index (χ4v) is 2.66. The van der Waals surface area contributed by atoms with Crippen LogP contribution in [0.1, 0.15) is 17.4 Å². The summed E-state index contributed by atoms with van der Waals surface area (Å²) in [6.45, 7) is 1.97. The van der Waals surface area contributed by atoms with Gasteiger partial charge in [0.25, 0.3) is 0 Å². The first-order valence-corrected chi connectivity index (χ1v) is 6.89. The van der Waals surface area contributed by atoms with Gasteiger partial charge in [0.2, 0.25) is 0 Å². The van der Waals surface area contributed by atoms with Crippen LogP contribution in [0.5, 0.6) is 5.75 Å². The highest BCUT2D eigenvalue weighted by Crippen LogP contribution is 2.36. The number of phenols is 1. The van der Waals surface area contributed by atoms with E-state index in [1.807, 2.05) is 0 Å². The minimum atomic E-state index is -0.549. The number of ether oxygens (including phenoxy) is 1. The Morgan fingerprint density at radius 2 is 2.00 bits per heavy atom. The van der Waals surface area contributed by atoms with Gasteiger partial charge in [-0.05, 0) is 50.9 Å². The number of nitrogens with one attached hydrogen (secondary N) is 1. The maximum absolute atomic E-state index is 11.7. The number of hydrogen-bond donors (Lipinski definition) is 2. The number of rotatable bonds is 3. The van der Waals surface area contributed by atoms with Crippen LogP contribution in [-0.4, -0.2) is 33.1 Å². The molecule has 8 heteroatoms. The standard InChI is InChI=1S/C11H9Br2N3O3/c1-2-19-11(18)9-8(14-16-15-9)5-3-6(12)10(17)7(13)4-5/h3-4,17H,2H2,1H3,(H,14,15,16). The number of benzene rings is 1. The van der Waals surface area contributed by atoms with Gasteiger partial charge in [-0.3, -0.25) is 0 Å². The molecule has 0 unspecified atom stereocenters. The van der Waals surface area contributed by atoms with Crippen molar-refractivity contribution in [1.82, 2.24) is 15.4 Å². The Labute approximate surface area is 125 Å². The summed E-state index contributed by atoms with van der Waals surface area (Å²) in [7, 11) is 0. The zero-order valence-electron chi connectivity index (χ0n) is 9.78. The van der Waals surface area contributed by atoms with Crippen molar-refractivity contribution in [1.29, 1.82) is 0 Å². The number of aromatic nitrogens is 3. The fourth-order valence-electron chi connectivity index (χ4n) is 1.48. The maximum Gasteiger partial charge on any atom is 0.361 e. The second-order valence-corrected chi connectivity index (χ2v) is 5.24. The highest BCUT2D eigenvalue weighted by Gasteiger charge is 2.20. The zero-order chi connectivity index (χ0) is 14.0. The lowest BCUT2D eigenvalue weighted by atomic mass is 10.1. The van der Waals surface area contributed by atoms with Gasteiger partial charge in [0.1, 0.15) is 11.4 Å². The lowest BCUT2D eigenvalue weighted by Crippen LogP contribution is -2.06. The van der Waals surface area contributed by atoms with Crippen LogP contribution >= 0.6 is 31.9 Å². The van der Waals surface area contributed by atoms with Gasteiger partial charge in [-0.15, -0.1) is 5.10 Å². The summed E-state index contributed by atoms with van der Waals surface area (Å²) >= 11 is 6.44. The molecule has 1 heterocycles. The summed E-state index contributed by atoms with van der Waals surface area (Å²) in [5.74, 6) is -0.475. The molecule has 0 saturated heterocycles. The van der Waals surface area contributed by atoms with Crippen LogP contribution in [0.4, 0.5) is 0 Å². The molecule has 6 nitrogen and oxygen atoms in total. The van der Waals surface area contributed by atoms with E-state index in [0.29, 0.717) is 20.2 Å². The summed E-state index contributed by atoms with van der Waals surface area (Å²) in [4.78, 5) is 11.7. The van der Waals surface area contributed by atoms with E-state index in [9.17, 15) is 9.90 Å². The third-order valence-electron chi connectivity index (χ3n) is 2.31. The minimum absolute atomic E-state index is 0.0740. The molecule has 0 atom stereocenters. The molecule has 19 heavy (non-hydrogen) atoms. The second-order valence-electron chi connectivity index (χ2n) is 3.53. The maximum atomic E-state index is 11.7. The van der Waals surface area contributed by atoms with Crippen molar-refractivity contribution in [2.75, 3.05) is 6.61 Å². The van der Waals surface area contributed by atoms with Crippen molar-refractivity contribution in [3.05, 3.63) is 26.8 Å². The van der Waals surface area contributed by atoms with Crippen LogP contribution < -0.4 is 0 Å². The van der Waals surface area contributed by atoms with Crippen molar-refractivity contribution < 1.29 is 14.6 Å². The molecular formula is C11H9Br2N3O3. The Balaban J connectivity index is 2.49. The zero-order valence-corrected chi connectivity index (χ0v) is 12.9. The third-order valence-corrected chi connectivity index (χ3v) is 3.52. The molecule has 100 valence electrons. The van der Waals surface area contributed by atoms with Gasteiger partial charge >= 0.3 is 5.97 Å². The van der Waals surface area contributed by atoms with Crippen molar-refractivity contribution in [2.45, 2.75) is 6.92 Å². The molecular weight excluding hydrogens is 382 g/mol. The number of aromatic hydroxyl groups is 1. The third kappa shape index (κ3) is 2.79. The molecule has 0 fully saturated rings. The first-order valence-electron chi connectivity index (χ1n) is 5.30. The SMILES string of the molecule is CCOC(=O)c1n[nH]nc1-c1cc(Br)c(O)c(Br)c1. The van der Waals surface area contributed by atoms with Crippen LogP contribution in [0, 0.1) is 0 Å². The van der Waals surface area contributed by atoms with Crippen LogP contribution in [0.15, 0.2) is 21.1 Å². The number of halogens is 2. The number of hydrogen-bond acceptors (Lipinski definition) is 5. The van der Waals surface area contributed by atoms with Crippen molar-refractivity contribution in [2.24, 2.45) is 0 Å². The first kappa shape index (κ1) is 14.0. The van der Waals surface area contributed by atoms with Gasteiger partial charge in [-0.1, -0.05) is 0 Å². The lowest BCUT2D eigenvalue weighted by molar-refractivity contribution is 0.0520. The van der Waals surface area contributed by atoms with Crippen LogP contribution in [0.25, 0.3) is 11.3 Å². The molecule has 1 aromatic carbocycles. The molecule has 0 aliphatic rings. The van der Waals surface area contributed by atoms with E-state index in [1.54, 1.807) is 19.1 Å². The number of carbonyl (C=O) groups excluding carboxylic acids is 1. The number of H-pyrrole nitrogens is 1. The van der Waals surface area contributed by atoms with Gasteiger partial charge in [0, 0.05) is 5.56 Å². The van der Waals surface area contributed by atoms with E-state index in [2.05, 4.69) is 47.3 Å². The van der Waals surface area contributed by atoms with E-state index in [1.165, 1.54) is 0 Å². The number of nitrogens with zero attached hydrogens (tertiary/aromatic N) is 2. The van der Waals surface area contributed by atoms with E-state index >= 15 is 0 Å². The summed E-state index contributed by atoms with van der Waals surface area (Å²) in [6, 6.07) is 3.28. The highest BCUT2D eigenvalue weighted by molar-refractivity contribution is 9.11. The molecule has 2 aromatic rings. The molecule has 0 saturated carbocycles. The van der Waals surface area contributed by atoms with Crippen LogP contribution in [0.2, 0.25) is 0 Å². The molecule has 1 aromatic heterocycles. The van der Waals surface area contributed by atoms with Crippen molar-refractivity contribution >= 4 is 37.8 Å². The smallest absolute Gasteiger partial charge is 0.361 e. The Hall–Kier alpha value is -1.41. The number of esters is 1. The number of carbonyl (C=O) groups is 1. The normalized spacial score (nSPS) is 10.5. The van der Waals surface area contributed by atoms with Gasteiger partial charge < -0.3 is 9.84 Å². The van der Waals surface area contributed by atoms with Gasteiger partial charge in [-0.2, -0.15) is 10.3 Å². The predicted octanol–water partition coefficient (Wildman–Crippen LogP) is 2.88. The quantitative estimate of drug-likeness (QED) is 0.786. The largest absolute Gasteiger partial charge is 0.506 e. The molecule has 0 spiro atoms. The van der Waals surface area contributed by atoms with E-state index in [4.69, 9.17) is 4.74 Å². The monoisotopic (exact) mass is 389 g/mol. The van der Waals surface area contributed by atoms with Gasteiger partial charge in [0.15, 0.2) is 5.69 Å². The molecule has 2 N–H and O–H groups in total. The van der Waals surface area contributed by atoms with Crippen LogP contribution in [0.3, 0.4) is 0 Å². The van der Waals surface area contributed by atoms with E-state index in [0.717, 1.165) is 0 Å². The van der Waals surface area contributed by atoms with Gasteiger partial charge in [0.05, 0.1) is 15.6 Å². The number of phenolic OH excluding ortho intramolecular Hbond substituents is 1. The van der Waals surface area contributed by atoms with E-state index < -0.39 is 5.97 Å². The average Bonchev–Trinajstić information content (AvgIpc) is 2.84. The summed E-state index contributed by atoms with van der Waals surface area (Å²) in [5.41, 5.74) is 1.08. The molecule has 0 radical (unpaired) electrons. The molecule has 0 amide bonds. The van der Waals surface area contributed by atoms with Gasteiger partial charge in [-0.25, -0.2) is 4.79 Å². The molecule has 0 aliphatic heterocycles. The van der Waals surface area contributed by atoms with Crippen molar-refractivity contribution in [3.8, 4) is 17.0 Å². The van der Waals surface area contributed by atoms with E-state index in [-0.39, 0.29) is 18.1 Å². The topological polar surface area (TPSA) is 88.1 Å². The summed E-state index contributed by atoms with van der Waals surface area (Å²) in [5, 5.41) is 19.8. The predicted molar refractivity (Wildman–Crippen MR) is 74.8 cm³/mol. The Morgan fingerprint density at radius 3 is 2.58 bits per heavy atom. The molecule has 0 bridgehead atoms. The fraction of sp³-hybridized carbons (Fsp3) is 0.182. The first-order chi connectivity index (χ1) is 9.04. The Morgan fingerprint density at radius 1 is 1.37 bits per heavy atom. The highest BCUT2D eigenvalue weighted by atomic mass is 79.9. The number of aromatic amines is 1. The Kier molecular flexibility index (Phi) is 4.20.